The molecule has 0 bridgehead atoms. The van der Waals surface area contributed by atoms with Gasteiger partial charge in [-0.3, -0.25) is 4.79 Å². The number of nitrogens with one attached hydrogen (secondary N) is 1. The predicted octanol–water partition coefficient (Wildman–Crippen LogP) is 3.55. The van der Waals surface area contributed by atoms with Crippen LogP contribution in [0.1, 0.15) is 18.0 Å². The highest BCUT2D eigenvalue weighted by atomic mass is 35.5. The zero-order valence-corrected chi connectivity index (χ0v) is 14.1. The first-order valence-corrected chi connectivity index (χ1v) is 9.09. The largest absolute Gasteiger partial charge is 0.481 e. The fraction of sp³-hybridized carbons (Fsp3) is 0.154. The van der Waals surface area contributed by atoms with Crippen molar-refractivity contribution in [3.8, 4) is 0 Å². The van der Waals surface area contributed by atoms with Gasteiger partial charge in [0, 0.05) is 5.02 Å². The smallest absolute Gasteiger partial charge is 0.305 e. The van der Waals surface area contributed by atoms with Gasteiger partial charge in [-0.05, 0) is 23.8 Å². The van der Waals surface area contributed by atoms with Crippen LogP contribution in [-0.4, -0.2) is 19.5 Å². The molecule has 0 fully saturated rings. The summed E-state index contributed by atoms with van der Waals surface area (Å²) >= 11 is 12.7. The van der Waals surface area contributed by atoms with E-state index in [0.29, 0.717) is 14.9 Å². The van der Waals surface area contributed by atoms with Crippen LogP contribution in [0, 0.1) is 0 Å². The molecule has 1 aromatic carbocycles. The summed E-state index contributed by atoms with van der Waals surface area (Å²) in [5, 5.41) is 9.30. The van der Waals surface area contributed by atoms with E-state index < -0.39 is 28.5 Å². The van der Waals surface area contributed by atoms with E-state index in [-0.39, 0.29) is 4.21 Å². The van der Waals surface area contributed by atoms with Crippen LogP contribution in [0.15, 0.2) is 40.6 Å². The fourth-order valence-electron chi connectivity index (χ4n) is 1.83. The van der Waals surface area contributed by atoms with Gasteiger partial charge in [-0.25, -0.2) is 13.1 Å². The molecule has 0 aliphatic rings. The topological polar surface area (TPSA) is 83.5 Å². The third-order valence-corrected chi connectivity index (χ3v) is 6.31. The van der Waals surface area contributed by atoms with Crippen molar-refractivity contribution >= 4 is 50.5 Å². The van der Waals surface area contributed by atoms with Gasteiger partial charge < -0.3 is 5.11 Å². The van der Waals surface area contributed by atoms with Crippen molar-refractivity contribution < 1.29 is 18.3 Å². The fourth-order valence-corrected chi connectivity index (χ4v) is 4.82. The van der Waals surface area contributed by atoms with Crippen LogP contribution in [0.3, 0.4) is 0 Å². The molecular formula is C13H11Cl2NO4S2. The Morgan fingerprint density at radius 1 is 1.23 bits per heavy atom. The summed E-state index contributed by atoms with van der Waals surface area (Å²) in [5.41, 5.74) is 0.401. The molecule has 2 rings (SSSR count). The molecule has 0 spiro atoms. The van der Waals surface area contributed by atoms with Gasteiger partial charge in [-0.1, -0.05) is 41.4 Å². The number of carboxylic acid groups (broad SMARTS) is 1. The van der Waals surface area contributed by atoms with Crippen molar-refractivity contribution in [1.29, 1.82) is 0 Å². The standard InChI is InChI=1S/C13H11Cl2NO4S2/c14-9-4-2-1-3-8(9)10(7-12(17)18)16-22(19,20)13-6-5-11(15)21-13/h1-6,10,16H,7H2,(H,17,18)/t10-/m0/s1. The zero-order chi connectivity index (χ0) is 16.3. The van der Waals surface area contributed by atoms with Gasteiger partial charge in [0.1, 0.15) is 4.21 Å². The van der Waals surface area contributed by atoms with Gasteiger partial charge in [0.25, 0.3) is 10.0 Å². The van der Waals surface area contributed by atoms with Crippen LogP contribution in [0.5, 0.6) is 0 Å². The minimum Gasteiger partial charge on any atom is -0.481 e. The molecule has 1 aromatic heterocycles. The highest BCUT2D eigenvalue weighted by molar-refractivity contribution is 7.91. The predicted molar refractivity (Wildman–Crippen MR) is 86.1 cm³/mol. The molecule has 22 heavy (non-hydrogen) atoms. The highest BCUT2D eigenvalue weighted by Crippen LogP contribution is 2.30. The number of benzene rings is 1. The molecule has 0 aliphatic carbocycles. The summed E-state index contributed by atoms with van der Waals surface area (Å²) in [6, 6.07) is 8.34. The molecule has 2 aromatic rings. The SMILES string of the molecule is O=C(O)C[C@H](NS(=O)(=O)c1ccc(Cl)s1)c1ccccc1Cl. The van der Waals surface area contributed by atoms with Crippen LogP contribution in [0.4, 0.5) is 0 Å². The average molecular weight is 380 g/mol. The summed E-state index contributed by atoms with van der Waals surface area (Å²) in [7, 11) is -3.89. The number of thiophene rings is 1. The highest BCUT2D eigenvalue weighted by Gasteiger charge is 2.26. The lowest BCUT2D eigenvalue weighted by Crippen LogP contribution is -2.30. The average Bonchev–Trinajstić information content (AvgIpc) is 2.85. The molecular weight excluding hydrogens is 369 g/mol. The quantitative estimate of drug-likeness (QED) is 0.803. The van der Waals surface area contributed by atoms with Gasteiger partial charge in [0.15, 0.2) is 0 Å². The Balaban J connectivity index is 2.35. The Bertz CT molecular complexity index is 789. The number of carbonyl (C=O) groups is 1. The monoisotopic (exact) mass is 379 g/mol. The number of sulfonamides is 1. The van der Waals surface area contributed by atoms with Crippen LogP contribution in [0.2, 0.25) is 9.36 Å². The van der Waals surface area contributed by atoms with E-state index in [4.69, 9.17) is 28.3 Å². The Morgan fingerprint density at radius 2 is 1.91 bits per heavy atom. The number of hydrogen-bond acceptors (Lipinski definition) is 4. The van der Waals surface area contributed by atoms with Gasteiger partial charge in [-0.15, -0.1) is 11.3 Å². The molecule has 0 saturated carbocycles. The van der Waals surface area contributed by atoms with Gasteiger partial charge in [0.2, 0.25) is 0 Å². The van der Waals surface area contributed by atoms with Crippen LogP contribution < -0.4 is 4.72 Å². The van der Waals surface area contributed by atoms with Crippen LogP contribution in [-0.2, 0) is 14.8 Å². The second kappa shape index (κ2) is 6.97. The maximum Gasteiger partial charge on any atom is 0.305 e. The van der Waals surface area contributed by atoms with Crippen molar-refractivity contribution in [1.82, 2.24) is 4.72 Å². The van der Waals surface area contributed by atoms with Gasteiger partial charge in [-0.2, -0.15) is 0 Å². The van der Waals surface area contributed by atoms with Crippen molar-refractivity contribution in [2.45, 2.75) is 16.7 Å². The van der Waals surface area contributed by atoms with Crippen LogP contribution >= 0.6 is 34.5 Å². The van der Waals surface area contributed by atoms with E-state index in [1.807, 2.05) is 0 Å². The molecule has 0 saturated heterocycles. The number of carboxylic acids is 1. The lowest BCUT2D eigenvalue weighted by atomic mass is 10.1. The maximum absolute atomic E-state index is 12.3. The molecule has 1 heterocycles. The van der Waals surface area contributed by atoms with Crippen molar-refractivity contribution in [3.05, 3.63) is 51.3 Å². The Kier molecular flexibility index (Phi) is 5.46. The first-order chi connectivity index (χ1) is 10.3. The second-order valence-corrected chi connectivity index (χ2v) is 8.41. The normalized spacial score (nSPS) is 13.0. The lowest BCUT2D eigenvalue weighted by Gasteiger charge is -2.18. The number of hydrogen-bond donors (Lipinski definition) is 2. The van der Waals surface area contributed by atoms with E-state index >= 15 is 0 Å². The molecule has 0 amide bonds. The minimum atomic E-state index is -3.89. The summed E-state index contributed by atoms with van der Waals surface area (Å²) < 4.78 is 27.4. The van der Waals surface area contributed by atoms with Crippen molar-refractivity contribution in [2.24, 2.45) is 0 Å². The molecule has 118 valence electrons. The molecule has 9 heteroatoms. The van der Waals surface area contributed by atoms with E-state index in [9.17, 15) is 13.2 Å². The van der Waals surface area contributed by atoms with E-state index in [1.54, 1.807) is 24.3 Å². The molecule has 1 atom stereocenters. The zero-order valence-electron chi connectivity index (χ0n) is 11.0. The summed E-state index contributed by atoms with van der Waals surface area (Å²) in [6.45, 7) is 0. The summed E-state index contributed by atoms with van der Waals surface area (Å²) in [6.07, 6.45) is -0.429. The minimum absolute atomic E-state index is 0.0138. The van der Waals surface area contributed by atoms with Crippen LogP contribution in [0.25, 0.3) is 0 Å². The molecule has 2 N–H and O–H groups in total. The number of aliphatic carboxylic acids is 1. The lowest BCUT2D eigenvalue weighted by molar-refractivity contribution is -0.137. The summed E-state index contributed by atoms with van der Waals surface area (Å²) in [5.74, 6) is -1.14. The first-order valence-electron chi connectivity index (χ1n) is 6.03. The molecule has 5 nitrogen and oxygen atoms in total. The summed E-state index contributed by atoms with van der Waals surface area (Å²) in [4.78, 5) is 11.0. The number of halogens is 2. The first kappa shape index (κ1) is 17.2. The van der Waals surface area contributed by atoms with Crippen molar-refractivity contribution in [3.63, 3.8) is 0 Å². The number of rotatable bonds is 6. The maximum atomic E-state index is 12.3. The Hall–Kier alpha value is -1.12. The van der Waals surface area contributed by atoms with Crippen molar-refractivity contribution in [2.75, 3.05) is 0 Å². The Morgan fingerprint density at radius 3 is 2.45 bits per heavy atom. The van der Waals surface area contributed by atoms with Gasteiger partial charge in [0.05, 0.1) is 16.8 Å². The molecule has 0 unspecified atom stereocenters. The Labute approximate surface area is 141 Å². The van der Waals surface area contributed by atoms with E-state index in [2.05, 4.69) is 4.72 Å². The second-order valence-electron chi connectivity index (χ2n) is 4.35. The third-order valence-electron chi connectivity index (χ3n) is 2.77. The van der Waals surface area contributed by atoms with Gasteiger partial charge >= 0.3 is 5.97 Å². The third kappa shape index (κ3) is 4.21. The molecule has 0 aliphatic heterocycles. The van der Waals surface area contributed by atoms with E-state index in [1.165, 1.54) is 12.1 Å². The molecule has 0 radical (unpaired) electrons. The van der Waals surface area contributed by atoms with E-state index in [0.717, 1.165) is 11.3 Å².